The second-order valence-corrected chi connectivity index (χ2v) is 4.86. The van der Waals surface area contributed by atoms with Crippen LogP contribution in [0.4, 0.5) is 4.39 Å². The average molecular weight is 289 g/mol. The fourth-order valence-electron chi connectivity index (χ4n) is 2.13. The van der Waals surface area contributed by atoms with Crippen molar-refractivity contribution in [1.29, 1.82) is 0 Å². The summed E-state index contributed by atoms with van der Waals surface area (Å²) in [6.07, 6.45) is 0. The van der Waals surface area contributed by atoms with Crippen molar-refractivity contribution in [2.45, 2.75) is 20.1 Å². The van der Waals surface area contributed by atoms with Crippen LogP contribution in [0.15, 0.2) is 36.4 Å². The maximum Gasteiger partial charge on any atom is 0.124 e. The summed E-state index contributed by atoms with van der Waals surface area (Å²) in [5.74, 6) is 1.37. The fraction of sp³-hybridized carbons (Fsp3) is 0.294. The predicted molar refractivity (Wildman–Crippen MR) is 81.2 cm³/mol. The summed E-state index contributed by atoms with van der Waals surface area (Å²) in [6, 6.07) is 10.4. The van der Waals surface area contributed by atoms with E-state index < -0.39 is 0 Å². The highest BCUT2D eigenvalue weighted by Gasteiger charge is 2.07. The van der Waals surface area contributed by atoms with Crippen molar-refractivity contribution in [1.82, 2.24) is 5.32 Å². The second-order valence-electron chi connectivity index (χ2n) is 4.86. The number of halogens is 1. The third-order valence-corrected chi connectivity index (χ3v) is 3.32. The number of ether oxygens (including phenoxy) is 2. The van der Waals surface area contributed by atoms with Crippen molar-refractivity contribution in [2.24, 2.45) is 0 Å². The average Bonchev–Trinajstić information content (AvgIpc) is 2.47. The molecule has 1 N–H and O–H groups in total. The van der Waals surface area contributed by atoms with Gasteiger partial charge in [0.05, 0.1) is 7.11 Å². The minimum atomic E-state index is -0.225. The van der Waals surface area contributed by atoms with Crippen LogP contribution in [0.25, 0.3) is 0 Å². The Balaban J connectivity index is 2.15. The lowest BCUT2D eigenvalue weighted by Crippen LogP contribution is -2.08. The molecule has 0 aliphatic carbocycles. The number of aryl methyl sites for hydroxylation is 1. The smallest absolute Gasteiger partial charge is 0.124 e. The molecule has 0 unspecified atom stereocenters. The lowest BCUT2D eigenvalue weighted by atomic mass is 10.1. The Morgan fingerprint density at radius 2 is 1.90 bits per heavy atom. The molecular weight excluding hydrogens is 269 g/mol. The molecule has 0 fully saturated rings. The quantitative estimate of drug-likeness (QED) is 0.883. The third kappa shape index (κ3) is 3.95. The highest BCUT2D eigenvalue weighted by atomic mass is 19.1. The molecular formula is C17H20FNO2. The molecule has 112 valence electrons. The number of methoxy groups -OCH3 is 1. The van der Waals surface area contributed by atoms with Gasteiger partial charge in [0.1, 0.15) is 23.9 Å². The van der Waals surface area contributed by atoms with Crippen LogP contribution < -0.4 is 14.8 Å². The first-order valence-electron chi connectivity index (χ1n) is 6.83. The molecule has 0 heterocycles. The van der Waals surface area contributed by atoms with E-state index in [9.17, 15) is 4.39 Å². The Hall–Kier alpha value is -2.07. The lowest BCUT2D eigenvalue weighted by molar-refractivity contribution is 0.300. The van der Waals surface area contributed by atoms with Crippen LogP contribution in [0, 0.1) is 12.7 Å². The zero-order valence-electron chi connectivity index (χ0n) is 12.6. The molecule has 0 amide bonds. The van der Waals surface area contributed by atoms with Crippen molar-refractivity contribution in [3.05, 3.63) is 58.9 Å². The molecule has 0 radical (unpaired) electrons. The molecule has 2 aromatic carbocycles. The molecule has 0 saturated carbocycles. The van der Waals surface area contributed by atoms with Gasteiger partial charge in [-0.15, -0.1) is 0 Å². The zero-order valence-corrected chi connectivity index (χ0v) is 12.6. The molecule has 0 aliphatic heterocycles. The van der Waals surface area contributed by atoms with Gasteiger partial charge in [-0.25, -0.2) is 4.39 Å². The molecule has 0 saturated heterocycles. The van der Waals surface area contributed by atoms with Crippen LogP contribution in [-0.4, -0.2) is 14.2 Å². The second kappa shape index (κ2) is 7.09. The number of benzene rings is 2. The molecule has 2 aromatic rings. The molecule has 3 nitrogen and oxygen atoms in total. The summed E-state index contributed by atoms with van der Waals surface area (Å²) < 4.78 is 24.2. The molecule has 0 spiro atoms. The van der Waals surface area contributed by atoms with Crippen LogP contribution >= 0.6 is 0 Å². The Morgan fingerprint density at radius 1 is 1.10 bits per heavy atom. The van der Waals surface area contributed by atoms with Crippen molar-refractivity contribution in [3.63, 3.8) is 0 Å². The van der Waals surface area contributed by atoms with E-state index in [1.54, 1.807) is 13.2 Å². The largest absolute Gasteiger partial charge is 0.497 e. The van der Waals surface area contributed by atoms with Gasteiger partial charge in [-0.05, 0) is 55.4 Å². The molecule has 0 aromatic heterocycles. The monoisotopic (exact) mass is 289 g/mol. The number of nitrogens with one attached hydrogen (secondary N) is 1. The van der Waals surface area contributed by atoms with Gasteiger partial charge in [0.25, 0.3) is 0 Å². The minimum Gasteiger partial charge on any atom is -0.497 e. The lowest BCUT2D eigenvalue weighted by Gasteiger charge is -2.14. The first kappa shape index (κ1) is 15.3. The summed E-state index contributed by atoms with van der Waals surface area (Å²) in [5, 5.41) is 3.11. The van der Waals surface area contributed by atoms with E-state index >= 15 is 0 Å². The fourth-order valence-corrected chi connectivity index (χ4v) is 2.13. The topological polar surface area (TPSA) is 30.5 Å². The van der Waals surface area contributed by atoms with E-state index in [2.05, 4.69) is 5.32 Å². The van der Waals surface area contributed by atoms with Crippen LogP contribution in [0.5, 0.6) is 11.5 Å². The maximum absolute atomic E-state index is 13.1. The maximum atomic E-state index is 13.1. The van der Waals surface area contributed by atoms with Gasteiger partial charge < -0.3 is 14.8 Å². The van der Waals surface area contributed by atoms with Crippen molar-refractivity contribution >= 4 is 0 Å². The van der Waals surface area contributed by atoms with Gasteiger partial charge in [-0.2, -0.15) is 0 Å². The van der Waals surface area contributed by atoms with E-state index in [-0.39, 0.29) is 5.82 Å². The summed E-state index contributed by atoms with van der Waals surface area (Å²) in [6.45, 7) is 2.98. The van der Waals surface area contributed by atoms with Crippen LogP contribution in [-0.2, 0) is 13.2 Å². The van der Waals surface area contributed by atoms with E-state index in [0.29, 0.717) is 13.2 Å². The van der Waals surface area contributed by atoms with Crippen LogP contribution in [0.3, 0.4) is 0 Å². The predicted octanol–water partition coefficient (Wildman–Crippen LogP) is 3.44. The van der Waals surface area contributed by atoms with Crippen LogP contribution in [0.2, 0.25) is 0 Å². The highest BCUT2D eigenvalue weighted by Crippen LogP contribution is 2.25. The molecule has 2 rings (SSSR count). The minimum absolute atomic E-state index is 0.225. The van der Waals surface area contributed by atoms with Gasteiger partial charge in [-0.1, -0.05) is 6.07 Å². The first-order valence-corrected chi connectivity index (χ1v) is 6.83. The Kier molecular flexibility index (Phi) is 5.17. The molecule has 0 bridgehead atoms. The number of rotatable bonds is 6. The van der Waals surface area contributed by atoms with Gasteiger partial charge in [0, 0.05) is 12.1 Å². The molecule has 0 atom stereocenters. The molecule has 21 heavy (non-hydrogen) atoms. The summed E-state index contributed by atoms with van der Waals surface area (Å²) in [5.41, 5.74) is 2.89. The Labute approximate surface area is 124 Å². The van der Waals surface area contributed by atoms with E-state index in [1.165, 1.54) is 12.1 Å². The SMILES string of the molecule is CNCc1cc(OC)ccc1OCc1ccc(F)cc1C. The summed E-state index contributed by atoms with van der Waals surface area (Å²) in [4.78, 5) is 0. The molecule has 4 heteroatoms. The van der Waals surface area contributed by atoms with Gasteiger partial charge in [0.15, 0.2) is 0 Å². The number of hydrogen-bond donors (Lipinski definition) is 1. The first-order chi connectivity index (χ1) is 10.1. The van der Waals surface area contributed by atoms with E-state index in [4.69, 9.17) is 9.47 Å². The molecule has 0 aliphatic rings. The summed E-state index contributed by atoms with van der Waals surface area (Å²) in [7, 11) is 3.52. The van der Waals surface area contributed by atoms with Crippen molar-refractivity contribution in [2.75, 3.05) is 14.2 Å². The third-order valence-electron chi connectivity index (χ3n) is 3.32. The van der Waals surface area contributed by atoms with Gasteiger partial charge in [-0.3, -0.25) is 0 Å². The Morgan fingerprint density at radius 3 is 2.57 bits per heavy atom. The van der Waals surface area contributed by atoms with Gasteiger partial charge in [0.2, 0.25) is 0 Å². The van der Waals surface area contributed by atoms with E-state index in [1.807, 2.05) is 32.2 Å². The zero-order chi connectivity index (χ0) is 15.2. The van der Waals surface area contributed by atoms with Crippen LogP contribution in [0.1, 0.15) is 16.7 Å². The van der Waals surface area contributed by atoms with Crippen molar-refractivity contribution in [3.8, 4) is 11.5 Å². The van der Waals surface area contributed by atoms with Crippen molar-refractivity contribution < 1.29 is 13.9 Å². The standard InChI is InChI=1S/C17H20FNO2/c1-12-8-15(18)5-4-13(12)11-21-17-7-6-16(20-3)9-14(17)10-19-2/h4-9,19H,10-11H2,1-3H3. The highest BCUT2D eigenvalue weighted by molar-refractivity contribution is 5.40. The van der Waals surface area contributed by atoms with E-state index in [0.717, 1.165) is 28.2 Å². The summed E-state index contributed by atoms with van der Waals surface area (Å²) >= 11 is 0. The normalized spacial score (nSPS) is 10.5. The Bertz CT molecular complexity index is 614. The number of hydrogen-bond acceptors (Lipinski definition) is 3. The van der Waals surface area contributed by atoms with Gasteiger partial charge >= 0.3 is 0 Å².